The van der Waals surface area contributed by atoms with E-state index >= 15 is 0 Å². The molecule has 7 heteroatoms. The number of hydrogen-bond acceptors (Lipinski definition) is 5. The first-order valence-corrected chi connectivity index (χ1v) is 7.33. The van der Waals surface area contributed by atoms with E-state index in [1.54, 1.807) is 17.0 Å². The maximum Gasteiger partial charge on any atom is 0.275 e. The number of carbonyl (C=O) groups is 2. The first-order chi connectivity index (χ1) is 10.2. The third kappa shape index (κ3) is 3.48. The second kappa shape index (κ2) is 7.01. The van der Waals surface area contributed by atoms with Gasteiger partial charge in [-0.05, 0) is 25.0 Å². The van der Waals surface area contributed by atoms with Gasteiger partial charge in [0, 0.05) is 19.6 Å². The van der Waals surface area contributed by atoms with Crippen molar-refractivity contribution in [3.63, 3.8) is 0 Å². The van der Waals surface area contributed by atoms with E-state index in [0.717, 1.165) is 13.0 Å². The van der Waals surface area contributed by atoms with Gasteiger partial charge in [-0.25, -0.2) is 0 Å². The number of amides is 2. The highest BCUT2D eigenvalue weighted by atomic mass is 16.2. The standard InChI is InChI=1S/C14H21N5O2/c1-3-7-15-12-6-5-10(17-18-12)14(21)19-9-8-16-13(20)11(19)4-2/h5-6,11H,3-4,7-9H2,1-2H3,(H,15,18)(H,16,20). The van der Waals surface area contributed by atoms with Crippen LogP contribution in [-0.2, 0) is 4.79 Å². The third-order valence-corrected chi connectivity index (χ3v) is 3.42. The van der Waals surface area contributed by atoms with Crippen LogP contribution in [0, 0.1) is 0 Å². The van der Waals surface area contributed by atoms with Crippen molar-refractivity contribution < 1.29 is 9.59 Å². The van der Waals surface area contributed by atoms with Gasteiger partial charge in [0.25, 0.3) is 5.91 Å². The molecule has 1 aliphatic rings. The highest BCUT2D eigenvalue weighted by Crippen LogP contribution is 2.13. The van der Waals surface area contributed by atoms with Crippen LogP contribution in [0.3, 0.4) is 0 Å². The Bertz CT molecular complexity index is 503. The molecule has 0 aromatic carbocycles. The minimum Gasteiger partial charge on any atom is -0.369 e. The molecule has 21 heavy (non-hydrogen) atoms. The summed E-state index contributed by atoms with van der Waals surface area (Å²) in [6.45, 7) is 5.74. The summed E-state index contributed by atoms with van der Waals surface area (Å²) in [6, 6.07) is 2.96. The Balaban J connectivity index is 2.09. The number of hydrogen-bond donors (Lipinski definition) is 2. The molecule has 1 unspecified atom stereocenters. The molecule has 0 saturated carbocycles. The zero-order valence-electron chi connectivity index (χ0n) is 12.4. The van der Waals surface area contributed by atoms with Crippen LogP contribution < -0.4 is 10.6 Å². The van der Waals surface area contributed by atoms with Crippen molar-refractivity contribution in [2.45, 2.75) is 32.7 Å². The molecular formula is C14H21N5O2. The van der Waals surface area contributed by atoms with E-state index in [1.807, 2.05) is 6.92 Å². The number of aromatic nitrogens is 2. The van der Waals surface area contributed by atoms with E-state index in [-0.39, 0.29) is 17.5 Å². The monoisotopic (exact) mass is 291 g/mol. The molecule has 2 heterocycles. The van der Waals surface area contributed by atoms with Gasteiger partial charge in [-0.1, -0.05) is 13.8 Å². The Morgan fingerprint density at radius 1 is 1.43 bits per heavy atom. The minimum atomic E-state index is -0.425. The van der Waals surface area contributed by atoms with Gasteiger partial charge in [0.1, 0.15) is 11.9 Å². The summed E-state index contributed by atoms with van der Waals surface area (Å²) in [5, 5.41) is 13.8. The molecular weight excluding hydrogens is 270 g/mol. The molecule has 114 valence electrons. The molecule has 1 aromatic rings. The summed E-state index contributed by atoms with van der Waals surface area (Å²) >= 11 is 0. The van der Waals surface area contributed by atoms with Crippen LogP contribution in [-0.4, -0.2) is 52.6 Å². The molecule has 7 nitrogen and oxygen atoms in total. The van der Waals surface area contributed by atoms with Crippen molar-refractivity contribution in [1.29, 1.82) is 0 Å². The van der Waals surface area contributed by atoms with Gasteiger partial charge in [0.15, 0.2) is 5.69 Å². The van der Waals surface area contributed by atoms with Crippen molar-refractivity contribution in [2.75, 3.05) is 25.0 Å². The van der Waals surface area contributed by atoms with Gasteiger partial charge in [0.05, 0.1) is 0 Å². The molecule has 1 aromatic heterocycles. The second-order valence-electron chi connectivity index (χ2n) is 4.94. The average Bonchev–Trinajstić information content (AvgIpc) is 2.52. The van der Waals surface area contributed by atoms with Gasteiger partial charge < -0.3 is 15.5 Å². The van der Waals surface area contributed by atoms with E-state index in [2.05, 4.69) is 27.8 Å². The summed E-state index contributed by atoms with van der Waals surface area (Å²) in [6.07, 6.45) is 1.57. The first-order valence-electron chi connectivity index (χ1n) is 7.33. The number of carbonyl (C=O) groups excluding carboxylic acids is 2. The van der Waals surface area contributed by atoms with Crippen LogP contribution in [0.15, 0.2) is 12.1 Å². The van der Waals surface area contributed by atoms with Gasteiger partial charge in [-0.15, -0.1) is 10.2 Å². The lowest BCUT2D eigenvalue weighted by molar-refractivity contribution is -0.127. The second-order valence-corrected chi connectivity index (χ2v) is 4.94. The topological polar surface area (TPSA) is 87.2 Å². The van der Waals surface area contributed by atoms with Gasteiger partial charge in [-0.2, -0.15) is 0 Å². The summed E-state index contributed by atoms with van der Waals surface area (Å²) in [7, 11) is 0. The smallest absolute Gasteiger partial charge is 0.275 e. The largest absolute Gasteiger partial charge is 0.369 e. The third-order valence-electron chi connectivity index (χ3n) is 3.42. The molecule has 2 N–H and O–H groups in total. The predicted octanol–water partition coefficient (Wildman–Crippen LogP) is 0.649. The fraction of sp³-hybridized carbons (Fsp3) is 0.571. The number of nitrogens with one attached hydrogen (secondary N) is 2. The Hall–Kier alpha value is -2.18. The van der Waals surface area contributed by atoms with Crippen molar-refractivity contribution in [3.8, 4) is 0 Å². The van der Waals surface area contributed by atoms with Crippen LogP contribution in [0.4, 0.5) is 5.82 Å². The van der Waals surface area contributed by atoms with E-state index in [9.17, 15) is 9.59 Å². The normalized spacial score (nSPS) is 18.3. The van der Waals surface area contributed by atoms with Crippen LogP contribution in [0.1, 0.15) is 37.2 Å². The molecule has 0 spiro atoms. The quantitative estimate of drug-likeness (QED) is 0.831. The SMILES string of the molecule is CCCNc1ccc(C(=O)N2CCNC(=O)C2CC)nn1. The van der Waals surface area contributed by atoms with Gasteiger partial charge >= 0.3 is 0 Å². The van der Waals surface area contributed by atoms with Crippen molar-refractivity contribution in [1.82, 2.24) is 20.4 Å². The molecule has 2 amide bonds. The summed E-state index contributed by atoms with van der Waals surface area (Å²) in [5.41, 5.74) is 0.269. The molecule has 1 saturated heterocycles. The molecule has 2 rings (SSSR count). The number of piperazine rings is 1. The molecule has 0 bridgehead atoms. The van der Waals surface area contributed by atoms with Crippen molar-refractivity contribution in [3.05, 3.63) is 17.8 Å². The van der Waals surface area contributed by atoms with Gasteiger partial charge in [-0.3, -0.25) is 9.59 Å². The Morgan fingerprint density at radius 2 is 2.24 bits per heavy atom. The fourth-order valence-electron chi connectivity index (χ4n) is 2.30. The lowest BCUT2D eigenvalue weighted by Crippen LogP contribution is -2.57. The molecule has 1 atom stereocenters. The Morgan fingerprint density at radius 3 is 2.86 bits per heavy atom. The molecule has 1 fully saturated rings. The zero-order chi connectivity index (χ0) is 15.2. The summed E-state index contributed by atoms with van der Waals surface area (Å²) in [5.74, 6) is 0.300. The average molecular weight is 291 g/mol. The maximum absolute atomic E-state index is 12.5. The highest BCUT2D eigenvalue weighted by Gasteiger charge is 2.32. The number of nitrogens with zero attached hydrogens (tertiary/aromatic N) is 3. The lowest BCUT2D eigenvalue weighted by Gasteiger charge is -2.34. The minimum absolute atomic E-state index is 0.105. The van der Waals surface area contributed by atoms with E-state index in [1.165, 1.54) is 0 Å². The first kappa shape index (κ1) is 15.2. The van der Waals surface area contributed by atoms with E-state index in [4.69, 9.17) is 0 Å². The van der Waals surface area contributed by atoms with E-state index < -0.39 is 6.04 Å². The number of rotatable bonds is 5. The van der Waals surface area contributed by atoms with Crippen LogP contribution in [0.25, 0.3) is 0 Å². The summed E-state index contributed by atoms with van der Waals surface area (Å²) in [4.78, 5) is 25.8. The predicted molar refractivity (Wildman–Crippen MR) is 78.9 cm³/mol. The molecule has 1 aliphatic heterocycles. The van der Waals surface area contributed by atoms with Crippen molar-refractivity contribution >= 4 is 17.6 Å². The van der Waals surface area contributed by atoms with Crippen LogP contribution in [0.2, 0.25) is 0 Å². The Kier molecular flexibility index (Phi) is 5.08. The van der Waals surface area contributed by atoms with Crippen LogP contribution >= 0.6 is 0 Å². The maximum atomic E-state index is 12.5. The highest BCUT2D eigenvalue weighted by molar-refractivity contribution is 5.96. The Labute approximate surface area is 124 Å². The number of anilines is 1. The van der Waals surface area contributed by atoms with Crippen molar-refractivity contribution in [2.24, 2.45) is 0 Å². The van der Waals surface area contributed by atoms with Crippen LogP contribution in [0.5, 0.6) is 0 Å². The molecule has 0 radical (unpaired) electrons. The van der Waals surface area contributed by atoms with Gasteiger partial charge in [0.2, 0.25) is 5.91 Å². The van der Waals surface area contributed by atoms with E-state index in [0.29, 0.717) is 25.3 Å². The fourth-order valence-corrected chi connectivity index (χ4v) is 2.30. The lowest BCUT2D eigenvalue weighted by atomic mass is 10.1. The molecule has 0 aliphatic carbocycles. The summed E-state index contributed by atoms with van der Waals surface area (Å²) < 4.78 is 0. The zero-order valence-corrected chi connectivity index (χ0v) is 12.4.